The van der Waals surface area contributed by atoms with Gasteiger partial charge in [-0.1, -0.05) is 0 Å². The summed E-state index contributed by atoms with van der Waals surface area (Å²) in [7, 11) is 2.41. The molecule has 0 bridgehead atoms. The van der Waals surface area contributed by atoms with E-state index in [0.29, 0.717) is 17.0 Å². The third-order valence-corrected chi connectivity index (χ3v) is 3.78. The topological polar surface area (TPSA) is 150 Å². The summed E-state index contributed by atoms with van der Waals surface area (Å²) in [4.78, 5) is 35.4. The summed E-state index contributed by atoms with van der Waals surface area (Å²) in [6.07, 6.45) is 0. The van der Waals surface area contributed by atoms with Gasteiger partial charge in [-0.05, 0) is 42.5 Å². The van der Waals surface area contributed by atoms with Gasteiger partial charge in [-0.15, -0.1) is 0 Å². The number of rotatable bonds is 9. The average Bonchev–Trinajstić information content (AvgIpc) is 2.76. The molecule has 10 heteroatoms. The standard InChI is InChI=1S/C20H21N3O7/c1-27-18(25)11-30-16-8-5-13(9-15(16)20(26)28-2)23-17(24)10-29-14-6-3-12(4-7-14)19(21)22/h3-9H,10-11H2,1-2H3,(H3,21,22)(H,23,24). The van der Waals surface area contributed by atoms with Gasteiger partial charge in [0.1, 0.15) is 22.9 Å². The largest absolute Gasteiger partial charge is 0.484 e. The van der Waals surface area contributed by atoms with Crippen LogP contribution in [0.25, 0.3) is 0 Å². The van der Waals surface area contributed by atoms with Crippen LogP contribution in [-0.2, 0) is 19.1 Å². The molecule has 2 aromatic carbocycles. The second kappa shape index (κ2) is 10.5. The molecule has 0 atom stereocenters. The van der Waals surface area contributed by atoms with E-state index in [1.165, 1.54) is 32.4 Å². The van der Waals surface area contributed by atoms with Crippen molar-refractivity contribution < 1.29 is 33.3 Å². The van der Waals surface area contributed by atoms with Crippen molar-refractivity contribution in [3.8, 4) is 11.5 Å². The molecule has 0 saturated carbocycles. The zero-order valence-electron chi connectivity index (χ0n) is 16.4. The van der Waals surface area contributed by atoms with Crippen molar-refractivity contribution in [3.05, 3.63) is 53.6 Å². The van der Waals surface area contributed by atoms with E-state index in [2.05, 4.69) is 10.1 Å². The number of amides is 1. The predicted octanol–water partition coefficient (Wildman–Crippen LogP) is 1.33. The van der Waals surface area contributed by atoms with Gasteiger partial charge in [0.15, 0.2) is 13.2 Å². The van der Waals surface area contributed by atoms with Gasteiger partial charge in [-0.25, -0.2) is 9.59 Å². The number of nitrogens with one attached hydrogen (secondary N) is 2. The summed E-state index contributed by atoms with van der Waals surface area (Å²) < 4.78 is 19.8. The highest BCUT2D eigenvalue weighted by molar-refractivity contribution is 5.97. The number of ether oxygens (including phenoxy) is 4. The first-order chi connectivity index (χ1) is 14.3. The lowest BCUT2D eigenvalue weighted by molar-refractivity contribution is -0.142. The third kappa shape index (κ3) is 6.23. The Balaban J connectivity index is 2.02. The van der Waals surface area contributed by atoms with Crippen LogP contribution in [0.15, 0.2) is 42.5 Å². The van der Waals surface area contributed by atoms with Gasteiger partial charge < -0.3 is 30.0 Å². The van der Waals surface area contributed by atoms with Crippen LogP contribution < -0.4 is 20.5 Å². The third-order valence-electron chi connectivity index (χ3n) is 3.78. The van der Waals surface area contributed by atoms with E-state index in [-0.39, 0.29) is 30.4 Å². The lowest BCUT2D eigenvalue weighted by Crippen LogP contribution is -2.21. The van der Waals surface area contributed by atoms with Crippen LogP contribution in [-0.4, -0.2) is 51.1 Å². The Morgan fingerprint density at radius 1 is 0.967 bits per heavy atom. The molecule has 0 spiro atoms. The maximum Gasteiger partial charge on any atom is 0.343 e. The Hall–Kier alpha value is -4.08. The van der Waals surface area contributed by atoms with Gasteiger partial charge in [0.05, 0.1) is 14.2 Å². The highest BCUT2D eigenvalue weighted by atomic mass is 16.6. The molecule has 0 heterocycles. The Labute approximate surface area is 172 Å². The fourth-order valence-corrected chi connectivity index (χ4v) is 2.28. The molecule has 4 N–H and O–H groups in total. The van der Waals surface area contributed by atoms with Crippen molar-refractivity contribution in [2.24, 2.45) is 5.73 Å². The highest BCUT2D eigenvalue weighted by Crippen LogP contribution is 2.24. The Bertz CT molecular complexity index is 942. The minimum absolute atomic E-state index is 0.0277. The molecule has 10 nitrogen and oxygen atoms in total. The van der Waals surface area contributed by atoms with E-state index in [1.54, 1.807) is 24.3 Å². The summed E-state index contributed by atoms with van der Waals surface area (Å²) in [5.74, 6) is -1.32. The minimum atomic E-state index is -0.701. The van der Waals surface area contributed by atoms with Crippen LogP contribution in [0, 0.1) is 5.41 Å². The number of amidine groups is 1. The number of nitrogens with two attached hydrogens (primary N) is 1. The number of methoxy groups -OCH3 is 2. The van der Waals surface area contributed by atoms with Crippen molar-refractivity contribution in [2.75, 3.05) is 32.8 Å². The minimum Gasteiger partial charge on any atom is -0.484 e. The predicted molar refractivity (Wildman–Crippen MR) is 107 cm³/mol. The normalized spacial score (nSPS) is 9.93. The Morgan fingerprint density at radius 2 is 1.67 bits per heavy atom. The number of hydrogen-bond donors (Lipinski definition) is 3. The van der Waals surface area contributed by atoms with Crippen LogP contribution in [0.4, 0.5) is 5.69 Å². The molecule has 0 radical (unpaired) electrons. The maximum atomic E-state index is 12.2. The van der Waals surface area contributed by atoms with E-state index < -0.39 is 17.8 Å². The maximum absolute atomic E-state index is 12.2. The molecular formula is C20H21N3O7. The second-order valence-corrected chi connectivity index (χ2v) is 5.84. The molecule has 0 saturated heterocycles. The fraction of sp³-hybridized carbons (Fsp3) is 0.200. The van der Waals surface area contributed by atoms with Crippen molar-refractivity contribution in [3.63, 3.8) is 0 Å². The van der Waals surface area contributed by atoms with Crippen LogP contribution in [0.2, 0.25) is 0 Å². The Kier molecular flexibility index (Phi) is 7.74. The van der Waals surface area contributed by atoms with Crippen molar-refractivity contribution in [1.82, 2.24) is 0 Å². The molecule has 0 unspecified atom stereocenters. The van der Waals surface area contributed by atoms with Gasteiger partial charge in [-0.2, -0.15) is 0 Å². The molecule has 0 aliphatic heterocycles. The molecular weight excluding hydrogens is 394 g/mol. The van der Waals surface area contributed by atoms with Gasteiger partial charge >= 0.3 is 11.9 Å². The number of carbonyl (C=O) groups is 3. The molecule has 0 aliphatic rings. The van der Waals surface area contributed by atoms with E-state index in [9.17, 15) is 14.4 Å². The van der Waals surface area contributed by atoms with Gasteiger partial charge in [0.25, 0.3) is 5.91 Å². The van der Waals surface area contributed by atoms with Crippen LogP contribution in [0.3, 0.4) is 0 Å². The quantitative estimate of drug-likeness (QED) is 0.315. The number of esters is 2. The molecule has 158 valence electrons. The molecule has 0 fully saturated rings. The fourth-order valence-electron chi connectivity index (χ4n) is 2.28. The summed E-state index contributed by atoms with van der Waals surface area (Å²) in [5.41, 5.74) is 6.25. The summed E-state index contributed by atoms with van der Waals surface area (Å²) in [6.45, 7) is -0.671. The van der Waals surface area contributed by atoms with Crippen molar-refractivity contribution in [1.29, 1.82) is 5.41 Å². The average molecular weight is 415 g/mol. The lowest BCUT2D eigenvalue weighted by atomic mass is 10.1. The lowest BCUT2D eigenvalue weighted by Gasteiger charge is -2.12. The number of benzene rings is 2. The zero-order valence-corrected chi connectivity index (χ0v) is 16.4. The monoisotopic (exact) mass is 415 g/mol. The van der Waals surface area contributed by atoms with Gasteiger partial charge in [-0.3, -0.25) is 10.2 Å². The number of nitrogen functional groups attached to an aromatic ring is 1. The van der Waals surface area contributed by atoms with Gasteiger partial charge in [0.2, 0.25) is 0 Å². The summed E-state index contributed by atoms with van der Waals surface area (Å²) in [6, 6.07) is 10.7. The van der Waals surface area contributed by atoms with Crippen LogP contribution >= 0.6 is 0 Å². The first-order valence-electron chi connectivity index (χ1n) is 8.63. The van der Waals surface area contributed by atoms with E-state index in [4.69, 9.17) is 25.4 Å². The molecule has 2 aromatic rings. The first-order valence-corrected chi connectivity index (χ1v) is 8.63. The van der Waals surface area contributed by atoms with Crippen LogP contribution in [0.1, 0.15) is 15.9 Å². The van der Waals surface area contributed by atoms with E-state index in [0.717, 1.165) is 0 Å². The summed E-state index contributed by atoms with van der Waals surface area (Å²) >= 11 is 0. The molecule has 2 rings (SSSR count). The Morgan fingerprint density at radius 3 is 2.27 bits per heavy atom. The second-order valence-electron chi connectivity index (χ2n) is 5.84. The SMILES string of the molecule is COC(=O)COc1ccc(NC(=O)COc2ccc(C(=N)N)cc2)cc1C(=O)OC. The molecule has 0 aliphatic carbocycles. The first kappa shape index (κ1) is 22.2. The van der Waals surface area contributed by atoms with Crippen molar-refractivity contribution >= 4 is 29.4 Å². The molecule has 1 amide bonds. The van der Waals surface area contributed by atoms with Gasteiger partial charge in [0, 0.05) is 11.3 Å². The smallest absolute Gasteiger partial charge is 0.343 e. The number of carbonyl (C=O) groups excluding carboxylic acids is 3. The van der Waals surface area contributed by atoms with Crippen molar-refractivity contribution in [2.45, 2.75) is 0 Å². The van der Waals surface area contributed by atoms with E-state index in [1.807, 2.05) is 0 Å². The number of anilines is 1. The molecule has 30 heavy (non-hydrogen) atoms. The highest BCUT2D eigenvalue weighted by Gasteiger charge is 2.16. The summed E-state index contributed by atoms with van der Waals surface area (Å²) in [5, 5.41) is 9.93. The zero-order chi connectivity index (χ0) is 22.1. The molecule has 0 aromatic heterocycles. The van der Waals surface area contributed by atoms with Crippen LogP contribution in [0.5, 0.6) is 11.5 Å². The number of hydrogen-bond acceptors (Lipinski definition) is 8. The van der Waals surface area contributed by atoms with E-state index >= 15 is 0 Å².